The molecule has 1 aliphatic heterocycles. The van der Waals surface area contributed by atoms with E-state index in [2.05, 4.69) is 48.6 Å². The highest BCUT2D eigenvalue weighted by Gasteiger charge is 2.35. The molecule has 0 bridgehead atoms. The van der Waals surface area contributed by atoms with Crippen molar-refractivity contribution in [1.29, 1.82) is 0 Å². The third kappa shape index (κ3) is 4.50. The molecule has 36 heavy (non-hydrogen) atoms. The Morgan fingerprint density at radius 2 is 1.78 bits per heavy atom. The maximum Gasteiger partial charge on any atom is 0.258 e. The van der Waals surface area contributed by atoms with E-state index in [4.69, 9.17) is 26.5 Å². The first-order chi connectivity index (χ1) is 17.5. The number of hydrogen-bond donors (Lipinski definition) is 1. The van der Waals surface area contributed by atoms with Crippen molar-refractivity contribution in [1.82, 2.24) is 15.5 Å². The van der Waals surface area contributed by atoms with Crippen molar-refractivity contribution < 1.29 is 9.26 Å². The highest BCUT2D eigenvalue weighted by molar-refractivity contribution is 7.80. The minimum Gasteiger partial charge on any atom is -0.497 e. The van der Waals surface area contributed by atoms with E-state index in [0.717, 1.165) is 40.3 Å². The van der Waals surface area contributed by atoms with Crippen LogP contribution in [0.25, 0.3) is 17.0 Å². The van der Waals surface area contributed by atoms with E-state index in [1.807, 2.05) is 60.4 Å². The van der Waals surface area contributed by atoms with Crippen LogP contribution in [0.1, 0.15) is 42.5 Å². The number of aryl methyl sites for hydroxylation is 2. The van der Waals surface area contributed by atoms with Gasteiger partial charge < -0.3 is 14.6 Å². The van der Waals surface area contributed by atoms with Gasteiger partial charge in [0.15, 0.2) is 5.11 Å². The Hall–Kier alpha value is -3.97. The van der Waals surface area contributed by atoms with Gasteiger partial charge in [-0.15, -0.1) is 0 Å². The molecule has 1 N–H and O–H groups in total. The third-order valence-corrected chi connectivity index (χ3v) is 6.78. The van der Waals surface area contributed by atoms with Crippen LogP contribution < -0.4 is 15.0 Å². The molecule has 0 saturated heterocycles. The Morgan fingerprint density at radius 3 is 2.47 bits per heavy atom. The van der Waals surface area contributed by atoms with Crippen LogP contribution in [0.5, 0.6) is 5.75 Å². The second-order valence-corrected chi connectivity index (χ2v) is 9.19. The van der Waals surface area contributed by atoms with Gasteiger partial charge in [-0.05, 0) is 67.9 Å². The summed E-state index contributed by atoms with van der Waals surface area (Å²) in [4.78, 5) is 6.83. The number of rotatable bonds is 6. The number of methoxy groups -OCH3 is 1. The smallest absolute Gasteiger partial charge is 0.258 e. The summed E-state index contributed by atoms with van der Waals surface area (Å²) in [5, 5.41) is 8.42. The normalized spacial score (nSPS) is 15.7. The maximum atomic E-state index is 5.87. The Bertz CT molecular complexity index is 1420. The maximum absolute atomic E-state index is 5.87. The van der Waals surface area contributed by atoms with E-state index in [0.29, 0.717) is 16.8 Å². The first-order valence-electron chi connectivity index (χ1n) is 11.9. The average molecular weight is 497 g/mol. The third-order valence-electron chi connectivity index (χ3n) is 6.48. The van der Waals surface area contributed by atoms with Gasteiger partial charge >= 0.3 is 0 Å². The highest BCUT2D eigenvalue weighted by Crippen LogP contribution is 2.40. The molecule has 0 saturated carbocycles. The molecule has 0 aliphatic carbocycles. The zero-order valence-corrected chi connectivity index (χ0v) is 21.6. The van der Waals surface area contributed by atoms with Crippen LogP contribution in [0.3, 0.4) is 0 Å². The second kappa shape index (κ2) is 9.95. The van der Waals surface area contributed by atoms with E-state index in [-0.39, 0.29) is 6.04 Å². The first-order valence-corrected chi connectivity index (χ1v) is 12.3. The molecule has 2 heterocycles. The van der Waals surface area contributed by atoms with Gasteiger partial charge in [0.25, 0.3) is 5.89 Å². The van der Waals surface area contributed by atoms with Crippen molar-refractivity contribution in [2.45, 2.75) is 33.2 Å². The zero-order chi connectivity index (χ0) is 25.2. The van der Waals surface area contributed by atoms with E-state index in [9.17, 15) is 0 Å². The Labute approximate surface area is 216 Å². The second-order valence-electron chi connectivity index (χ2n) is 8.80. The van der Waals surface area contributed by atoms with Gasteiger partial charge in [-0.3, -0.25) is 4.90 Å². The number of anilines is 1. The summed E-state index contributed by atoms with van der Waals surface area (Å²) in [5.41, 5.74) is 7.10. The summed E-state index contributed by atoms with van der Waals surface area (Å²) in [6, 6.07) is 24.1. The van der Waals surface area contributed by atoms with Gasteiger partial charge in [-0.25, -0.2) is 0 Å². The molecule has 6 nitrogen and oxygen atoms in total. The molecule has 0 radical (unpaired) electrons. The fraction of sp³-hybridized carbons (Fsp3) is 0.207. The van der Waals surface area contributed by atoms with Crippen LogP contribution in [0.15, 0.2) is 83.0 Å². The molecule has 0 spiro atoms. The van der Waals surface area contributed by atoms with Crippen LogP contribution >= 0.6 is 12.2 Å². The van der Waals surface area contributed by atoms with Gasteiger partial charge in [0.2, 0.25) is 5.82 Å². The lowest BCUT2D eigenvalue weighted by Crippen LogP contribution is -2.46. The number of thiocarbonyl (C=S) groups is 1. The van der Waals surface area contributed by atoms with Gasteiger partial charge in [-0.2, -0.15) is 4.98 Å². The van der Waals surface area contributed by atoms with E-state index in [1.54, 1.807) is 7.11 Å². The molecule has 5 rings (SSSR count). The van der Waals surface area contributed by atoms with Crippen LogP contribution in [-0.4, -0.2) is 22.4 Å². The van der Waals surface area contributed by atoms with Gasteiger partial charge in [0, 0.05) is 16.9 Å². The van der Waals surface area contributed by atoms with Crippen LogP contribution in [0, 0.1) is 6.92 Å². The fourth-order valence-electron chi connectivity index (χ4n) is 4.44. The first kappa shape index (κ1) is 23.8. The van der Waals surface area contributed by atoms with Crippen molar-refractivity contribution in [2.75, 3.05) is 12.0 Å². The van der Waals surface area contributed by atoms with Gasteiger partial charge in [-0.1, -0.05) is 66.2 Å². The summed E-state index contributed by atoms with van der Waals surface area (Å²) in [5.74, 6) is 1.75. The van der Waals surface area contributed by atoms with Gasteiger partial charge in [0.05, 0.1) is 18.7 Å². The minimum atomic E-state index is -0.287. The number of benzene rings is 3. The number of allylic oxidation sites excluding steroid dienone is 1. The number of aromatic nitrogens is 2. The summed E-state index contributed by atoms with van der Waals surface area (Å²) in [6.07, 6.45) is 0.977. The molecular weight excluding hydrogens is 468 g/mol. The summed E-state index contributed by atoms with van der Waals surface area (Å²) in [7, 11) is 1.66. The molecule has 1 atom stereocenters. The van der Waals surface area contributed by atoms with Crippen molar-refractivity contribution >= 4 is 28.6 Å². The van der Waals surface area contributed by atoms with Crippen LogP contribution in [0.2, 0.25) is 0 Å². The Balaban J connectivity index is 1.64. The topological polar surface area (TPSA) is 63.4 Å². The molecule has 4 aromatic rings. The summed E-state index contributed by atoms with van der Waals surface area (Å²) < 4.78 is 11.3. The predicted octanol–water partition coefficient (Wildman–Crippen LogP) is 6.48. The average Bonchev–Trinajstić information content (AvgIpc) is 3.39. The standard InChI is InChI=1S/C29H28N4O2S/c1-5-20-11-15-23(16-12-20)33-19(3)25(26(30-29(33)36)22-7-6-8-24(17-22)34-4)28-31-27(32-35-28)21-13-9-18(2)10-14-21/h6-17,26H,5H2,1-4H3,(H,30,36). The van der Waals surface area contributed by atoms with E-state index in [1.165, 1.54) is 11.1 Å². The predicted molar refractivity (Wildman–Crippen MR) is 147 cm³/mol. The van der Waals surface area contributed by atoms with Crippen LogP contribution in [0.4, 0.5) is 5.69 Å². The fourth-order valence-corrected chi connectivity index (χ4v) is 4.80. The summed E-state index contributed by atoms with van der Waals surface area (Å²) >= 11 is 5.87. The van der Waals surface area contributed by atoms with Crippen molar-refractivity contribution in [3.05, 3.63) is 101 Å². The molecule has 1 aromatic heterocycles. The molecule has 0 fully saturated rings. The monoisotopic (exact) mass is 496 g/mol. The van der Waals surface area contributed by atoms with E-state index >= 15 is 0 Å². The molecular formula is C29H28N4O2S. The Morgan fingerprint density at radius 1 is 1.03 bits per heavy atom. The van der Waals surface area contributed by atoms with Crippen molar-refractivity contribution in [3.8, 4) is 17.1 Å². The quantitative estimate of drug-likeness (QED) is 0.306. The molecule has 182 valence electrons. The molecule has 0 amide bonds. The lowest BCUT2D eigenvalue weighted by molar-refractivity contribution is 0.403. The minimum absolute atomic E-state index is 0.287. The number of hydrogen-bond acceptors (Lipinski definition) is 5. The van der Waals surface area contributed by atoms with E-state index < -0.39 is 0 Å². The van der Waals surface area contributed by atoms with Crippen molar-refractivity contribution in [3.63, 3.8) is 0 Å². The van der Waals surface area contributed by atoms with Crippen molar-refractivity contribution in [2.24, 2.45) is 0 Å². The zero-order valence-electron chi connectivity index (χ0n) is 20.8. The number of ether oxygens (including phenoxy) is 1. The number of nitrogens with zero attached hydrogens (tertiary/aromatic N) is 3. The molecule has 7 heteroatoms. The number of nitrogens with one attached hydrogen (secondary N) is 1. The lowest BCUT2D eigenvalue weighted by atomic mass is 9.94. The molecule has 3 aromatic carbocycles. The largest absolute Gasteiger partial charge is 0.497 e. The summed E-state index contributed by atoms with van der Waals surface area (Å²) in [6.45, 7) is 6.24. The Kier molecular flexibility index (Phi) is 6.57. The van der Waals surface area contributed by atoms with Gasteiger partial charge in [0.1, 0.15) is 5.75 Å². The van der Waals surface area contributed by atoms with Crippen LogP contribution in [-0.2, 0) is 6.42 Å². The highest BCUT2D eigenvalue weighted by atomic mass is 32.1. The molecule has 1 unspecified atom stereocenters. The lowest BCUT2D eigenvalue weighted by Gasteiger charge is -2.37. The molecule has 1 aliphatic rings. The SMILES string of the molecule is CCc1ccc(N2C(=S)NC(c3cccc(OC)c3)C(c3nc(-c4ccc(C)cc4)no3)=C2C)cc1.